The summed E-state index contributed by atoms with van der Waals surface area (Å²) in [5, 5.41) is 9.41. The fraction of sp³-hybridized carbons (Fsp3) is 0.533. The Bertz CT molecular complexity index is 551. The van der Waals surface area contributed by atoms with Gasteiger partial charge in [0.25, 0.3) is 0 Å². The Kier molecular flexibility index (Phi) is 4.38. The maximum Gasteiger partial charge on any atom is 0.118 e. The van der Waals surface area contributed by atoms with Crippen LogP contribution in [-0.2, 0) is 11.0 Å². The van der Waals surface area contributed by atoms with E-state index in [0.29, 0.717) is 18.8 Å². The fourth-order valence-corrected chi connectivity index (χ4v) is 3.42. The van der Waals surface area contributed by atoms with Crippen molar-refractivity contribution in [1.82, 2.24) is 4.72 Å². The topological polar surface area (TPSA) is 52.9 Å². The molecular formula is C15H19BrN2OS. The Hall–Kier alpha value is -0.700. The number of nitriles is 1. The van der Waals surface area contributed by atoms with Crippen molar-refractivity contribution in [3.05, 3.63) is 34.3 Å². The molecule has 0 aromatic heterocycles. The first kappa shape index (κ1) is 15.7. The maximum absolute atomic E-state index is 12.2. The molecule has 0 spiro atoms. The summed E-state index contributed by atoms with van der Waals surface area (Å²) in [6.45, 7) is 5.73. The van der Waals surface area contributed by atoms with Crippen molar-refractivity contribution < 1.29 is 4.21 Å². The fourth-order valence-electron chi connectivity index (χ4n) is 2.28. The minimum absolute atomic E-state index is 0.355. The number of hydrogen-bond acceptors (Lipinski definition) is 2. The zero-order valence-electron chi connectivity index (χ0n) is 11.9. The second-order valence-corrected chi connectivity index (χ2v) is 9.22. The van der Waals surface area contributed by atoms with Gasteiger partial charge in [0.05, 0.1) is 21.8 Å². The summed E-state index contributed by atoms with van der Waals surface area (Å²) in [7, 11) is -1.21. The van der Waals surface area contributed by atoms with Crippen molar-refractivity contribution in [3.63, 3.8) is 0 Å². The monoisotopic (exact) mass is 354 g/mol. The summed E-state index contributed by atoms with van der Waals surface area (Å²) in [4.78, 5) is 0. The smallest absolute Gasteiger partial charge is 0.118 e. The van der Waals surface area contributed by atoms with Gasteiger partial charge >= 0.3 is 0 Å². The van der Waals surface area contributed by atoms with Gasteiger partial charge in [-0.1, -0.05) is 28.1 Å². The third kappa shape index (κ3) is 3.30. The number of nitrogens with zero attached hydrogens (tertiary/aromatic N) is 1. The number of rotatable bonds is 3. The van der Waals surface area contributed by atoms with Gasteiger partial charge in [0.2, 0.25) is 0 Å². The molecule has 3 nitrogen and oxygen atoms in total. The average Bonchev–Trinajstić information content (AvgIpc) is 2.33. The molecule has 0 heterocycles. The van der Waals surface area contributed by atoms with Crippen LogP contribution in [0.15, 0.2) is 28.7 Å². The van der Waals surface area contributed by atoms with E-state index in [1.165, 1.54) is 5.56 Å². The molecular weight excluding hydrogens is 336 g/mol. The molecule has 1 unspecified atom stereocenters. The first-order chi connectivity index (χ1) is 9.26. The molecule has 1 aromatic carbocycles. The van der Waals surface area contributed by atoms with E-state index in [1.807, 2.05) is 32.9 Å². The van der Waals surface area contributed by atoms with Gasteiger partial charge in [0, 0.05) is 4.47 Å². The van der Waals surface area contributed by atoms with Crippen LogP contribution in [0.4, 0.5) is 0 Å². The van der Waals surface area contributed by atoms with E-state index in [-0.39, 0.29) is 4.75 Å². The van der Waals surface area contributed by atoms with Crippen molar-refractivity contribution in [2.75, 3.05) is 0 Å². The predicted octanol–water partition coefficient (Wildman–Crippen LogP) is 3.64. The summed E-state index contributed by atoms with van der Waals surface area (Å²) in [5.41, 5.74) is 0.595. The van der Waals surface area contributed by atoms with Gasteiger partial charge in [-0.25, -0.2) is 8.93 Å². The zero-order valence-corrected chi connectivity index (χ0v) is 14.3. The minimum Gasteiger partial charge on any atom is -0.242 e. The Morgan fingerprint density at radius 1 is 1.35 bits per heavy atom. The number of halogens is 1. The van der Waals surface area contributed by atoms with Crippen LogP contribution in [0.3, 0.4) is 0 Å². The summed E-state index contributed by atoms with van der Waals surface area (Å²) in [6.07, 6.45) is 1.43. The molecule has 1 aliphatic carbocycles. The van der Waals surface area contributed by atoms with Crippen LogP contribution in [0.1, 0.15) is 45.1 Å². The lowest BCUT2D eigenvalue weighted by Crippen LogP contribution is -2.56. The van der Waals surface area contributed by atoms with E-state index >= 15 is 0 Å². The molecule has 2 rings (SSSR count). The summed E-state index contributed by atoms with van der Waals surface area (Å²) in [6, 6.07) is 10.5. The second kappa shape index (κ2) is 5.59. The Labute approximate surface area is 131 Å². The number of hydrogen-bond donors (Lipinski definition) is 1. The quantitative estimate of drug-likeness (QED) is 0.900. The van der Waals surface area contributed by atoms with Crippen molar-refractivity contribution in [3.8, 4) is 6.07 Å². The molecule has 0 aliphatic heterocycles. The van der Waals surface area contributed by atoms with Gasteiger partial charge in [0.1, 0.15) is 5.54 Å². The highest BCUT2D eigenvalue weighted by Crippen LogP contribution is 2.45. The molecule has 1 atom stereocenters. The standard InChI is InChI=1S/C15H19BrN2OS/c1-14(2,3)20(19)18-15(10-17)8-12(9-15)11-4-6-13(16)7-5-11/h4-7,12,18H,8-9H2,1-3H3. The lowest BCUT2D eigenvalue weighted by Gasteiger charge is -2.44. The molecule has 1 aliphatic rings. The maximum atomic E-state index is 12.2. The van der Waals surface area contributed by atoms with Crippen molar-refractivity contribution >= 4 is 26.9 Å². The van der Waals surface area contributed by atoms with Gasteiger partial charge in [-0.2, -0.15) is 5.26 Å². The van der Waals surface area contributed by atoms with Crippen LogP contribution < -0.4 is 4.72 Å². The van der Waals surface area contributed by atoms with Crippen LogP contribution in [0.2, 0.25) is 0 Å². The van der Waals surface area contributed by atoms with Crippen molar-refractivity contribution in [2.24, 2.45) is 0 Å². The largest absolute Gasteiger partial charge is 0.242 e. The lowest BCUT2D eigenvalue weighted by atomic mass is 9.67. The summed E-state index contributed by atoms with van der Waals surface area (Å²) >= 11 is 3.42. The number of nitrogens with one attached hydrogen (secondary N) is 1. The van der Waals surface area contributed by atoms with E-state index in [0.717, 1.165) is 4.47 Å². The van der Waals surface area contributed by atoms with E-state index in [9.17, 15) is 9.47 Å². The van der Waals surface area contributed by atoms with Gasteiger partial charge in [0.15, 0.2) is 0 Å². The molecule has 108 valence electrons. The van der Waals surface area contributed by atoms with Gasteiger partial charge in [-0.3, -0.25) is 0 Å². The molecule has 20 heavy (non-hydrogen) atoms. The van der Waals surface area contributed by atoms with Crippen LogP contribution >= 0.6 is 15.9 Å². The molecule has 5 heteroatoms. The molecule has 0 saturated heterocycles. The van der Waals surface area contributed by atoms with Crippen molar-refractivity contribution in [2.45, 2.75) is 49.8 Å². The van der Waals surface area contributed by atoms with E-state index < -0.39 is 16.5 Å². The lowest BCUT2D eigenvalue weighted by molar-refractivity contribution is 0.251. The Balaban J connectivity index is 2.03. The first-order valence-electron chi connectivity index (χ1n) is 6.62. The van der Waals surface area contributed by atoms with Crippen LogP contribution in [0.25, 0.3) is 0 Å². The third-order valence-electron chi connectivity index (χ3n) is 3.59. The van der Waals surface area contributed by atoms with Gasteiger partial charge < -0.3 is 0 Å². The Morgan fingerprint density at radius 3 is 2.35 bits per heavy atom. The molecule has 0 amide bonds. The van der Waals surface area contributed by atoms with Gasteiger partial charge in [-0.05, 0) is 57.2 Å². The van der Waals surface area contributed by atoms with Gasteiger partial charge in [-0.15, -0.1) is 0 Å². The number of benzene rings is 1. The van der Waals surface area contributed by atoms with Crippen LogP contribution in [0, 0.1) is 11.3 Å². The highest BCUT2D eigenvalue weighted by Gasteiger charge is 2.47. The second-order valence-electron chi connectivity index (χ2n) is 6.33. The highest BCUT2D eigenvalue weighted by atomic mass is 79.9. The molecule has 0 radical (unpaired) electrons. The van der Waals surface area contributed by atoms with E-state index in [4.69, 9.17) is 0 Å². The predicted molar refractivity (Wildman–Crippen MR) is 85.5 cm³/mol. The summed E-state index contributed by atoms with van der Waals surface area (Å²) < 4.78 is 15.9. The first-order valence-corrected chi connectivity index (χ1v) is 8.56. The molecule has 1 N–H and O–H groups in total. The highest BCUT2D eigenvalue weighted by molar-refractivity contribution is 9.10. The normalized spacial score (nSPS) is 27.4. The molecule has 1 fully saturated rings. The minimum atomic E-state index is -1.21. The SMILES string of the molecule is CC(C)(C)S(=O)NC1(C#N)CC(c2ccc(Br)cc2)C1. The van der Waals surface area contributed by atoms with Crippen molar-refractivity contribution in [1.29, 1.82) is 5.26 Å². The van der Waals surface area contributed by atoms with Crippen LogP contribution in [0.5, 0.6) is 0 Å². The van der Waals surface area contributed by atoms with Crippen LogP contribution in [-0.4, -0.2) is 14.5 Å². The Morgan fingerprint density at radius 2 is 1.90 bits per heavy atom. The zero-order chi connectivity index (χ0) is 15.0. The van der Waals surface area contributed by atoms with E-state index in [2.05, 4.69) is 38.9 Å². The molecule has 0 bridgehead atoms. The molecule has 1 saturated carbocycles. The summed E-state index contributed by atoms with van der Waals surface area (Å²) in [5.74, 6) is 0.368. The third-order valence-corrected chi connectivity index (χ3v) is 5.81. The molecule has 1 aromatic rings. The van der Waals surface area contributed by atoms with E-state index in [1.54, 1.807) is 0 Å². The average molecular weight is 355 g/mol.